The SMILES string of the molecule is CCCCC(O)CNCCCCCNCCCCCNCC(O)COC(=O)C(C)(Br)CC(C)(CC(C)(C)C(=O)OCCOC)C(=O)OC. The minimum Gasteiger partial charge on any atom is -0.469 e. The number of unbranched alkanes of at least 4 members (excludes halogenated alkanes) is 5. The lowest BCUT2D eigenvalue weighted by Gasteiger charge is -2.37. The van der Waals surface area contributed by atoms with Crippen molar-refractivity contribution in [3.63, 3.8) is 0 Å². The summed E-state index contributed by atoms with van der Waals surface area (Å²) in [5, 5.41) is 30.2. The molecule has 0 aromatic carbocycles. The zero-order valence-electron chi connectivity index (χ0n) is 30.9. The molecular formula is C35H68BrN3O9. The highest BCUT2D eigenvalue weighted by Gasteiger charge is 2.49. The Bertz CT molecular complexity index is 878. The molecule has 0 saturated carbocycles. The predicted octanol–water partition coefficient (Wildman–Crippen LogP) is 3.88. The van der Waals surface area contributed by atoms with Crippen LogP contribution in [0.4, 0.5) is 0 Å². The summed E-state index contributed by atoms with van der Waals surface area (Å²) < 4.78 is 19.4. The van der Waals surface area contributed by atoms with Crippen molar-refractivity contribution in [2.24, 2.45) is 10.8 Å². The Morgan fingerprint density at radius 2 is 1.23 bits per heavy atom. The second-order valence-corrected chi connectivity index (χ2v) is 15.7. The van der Waals surface area contributed by atoms with E-state index in [9.17, 15) is 24.6 Å². The van der Waals surface area contributed by atoms with E-state index in [1.165, 1.54) is 20.6 Å². The first-order valence-electron chi connectivity index (χ1n) is 17.7. The zero-order valence-corrected chi connectivity index (χ0v) is 32.5. The molecule has 0 fully saturated rings. The number of halogens is 1. The largest absolute Gasteiger partial charge is 0.469 e. The van der Waals surface area contributed by atoms with Crippen molar-refractivity contribution in [2.45, 2.75) is 122 Å². The Morgan fingerprint density at radius 1 is 0.688 bits per heavy atom. The highest BCUT2D eigenvalue weighted by molar-refractivity contribution is 9.10. The topological polar surface area (TPSA) is 165 Å². The van der Waals surface area contributed by atoms with Crippen LogP contribution in [0.2, 0.25) is 0 Å². The first kappa shape index (κ1) is 46.6. The highest BCUT2D eigenvalue weighted by atomic mass is 79.9. The van der Waals surface area contributed by atoms with E-state index < -0.39 is 39.2 Å². The van der Waals surface area contributed by atoms with Gasteiger partial charge in [-0.15, -0.1) is 0 Å². The number of rotatable bonds is 31. The van der Waals surface area contributed by atoms with Crippen LogP contribution in [-0.2, 0) is 33.3 Å². The van der Waals surface area contributed by atoms with Gasteiger partial charge in [-0.05, 0) is 98.8 Å². The van der Waals surface area contributed by atoms with E-state index in [-0.39, 0.29) is 45.3 Å². The number of alkyl halides is 1. The summed E-state index contributed by atoms with van der Waals surface area (Å²) in [4.78, 5) is 38.6. The number of esters is 3. The average molecular weight is 755 g/mol. The van der Waals surface area contributed by atoms with Gasteiger partial charge in [-0.2, -0.15) is 0 Å². The maximum Gasteiger partial charge on any atom is 0.322 e. The lowest BCUT2D eigenvalue weighted by Crippen LogP contribution is -2.45. The minimum absolute atomic E-state index is 0.00794. The van der Waals surface area contributed by atoms with Crippen LogP contribution in [0.15, 0.2) is 0 Å². The van der Waals surface area contributed by atoms with Gasteiger partial charge in [0.2, 0.25) is 0 Å². The van der Waals surface area contributed by atoms with Crippen LogP contribution in [0, 0.1) is 10.8 Å². The second-order valence-electron chi connectivity index (χ2n) is 13.9. The van der Waals surface area contributed by atoms with E-state index in [2.05, 4.69) is 38.8 Å². The number of aliphatic hydroxyl groups is 2. The van der Waals surface area contributed by atoms with Crippen molar-refractivity contribution in [3.8, 4) is 0 Å². The third-order valence-electron chi connectivity index (χ3n) is 8.20. The molecule has 0 aliphatic rings. The monoisotopic (exact) mass is 753 g/mol. The lowest BCUT2D eigenvalue weighted by atomic mass is 9.70. The summed E-state index contributed by atoms with van der Waals surface area (Å²) in [5.41, 5.74) is -2.26. The maximum atomic E-state index is 13.0. The summed E-state index contributed by atoms with van der Waals surface area (Å²) >= 11 is 3.43. The maximum absolute atomic E-state index is 13.0. The van der Waals surface area contributed by atoms with Crippen LogP contribution in [0.25, 0.3) is 0 Å². The number of aliphatic hydroxyl groups excluding tert-OH is 2. The number of carbonyl (C=O) groups is 3. The summed E-state index contributed by atoms with van der Waals surface area (Å²) in [6.07, 6.45) is 8.59. The Kier molecular flexibility index (Phi) is 25.7. The van der Waals surface area contributed by atoms with E-state index in [0.29, 0.717) is 6.54 Å². The summed E-state index contributed by atoms with van der Waals surface area (Å²) in [7, 11) is 2.77. The van der Waals surface area contributed by atoms with Crippen molar-refractivity contribution in [3.05, 3.63) is 0 Å². The summed E-state index contributed by atoms with van der Waals surface area (Å²) in [6.45, 7) is 13.6. The van der Waals surface area contributed by atoms with E-state index in [1.54, 1.807) is 27.7 Å². The van der Waals surface area contributed by atoms with Gasteiger partial charge in [0.05, 0.1) is 30.7 Å². The van der Waals surface area contributed by atoms with Gasteiger partial charge in [0.1, 0.15) is 23.6 Å². The van der Waals surface area contributed by atoms with Crippen molar-refractivity contribution in [1.82, 2.24) is 16.0 Å². The molecule has 0 amide bonds. The van der Waals surface area contributed by atoms with Gasteiger partial charge in [-0.1, -0.05) is 48.5 Å². The molecule has 0 radical (unpaired) electrons. The Morgan fingerprint density at radius 3 is 1.75 bits per heavy atom. The molecular weight excluding hydrogens is 686 g/mol. The average Bonchev–Trinajstić information content (AvgIpc) is 3.03. The van der Waals surface area contributed by atoms with E-state index in [1.807, 2.05) is 0 Å². The van der Waals surface area contributed by atoms with Gasteiger partial charge >= 0.3 is 17.9 Å². The smallest absolute Gasteiger partial charge is 0.322 e. The zero-order chi connectivity index (χ0) is 36.5. The number of carbonyl (C=O) groups excluding carboxylic acids is 3. The van der Waals surface area contributed by atoms with Crippen LogP contribution in [0.5, 0.6) is 0 Å². The molecule has 4 atom stereocenters. The third-order valence-corrected chi connectivity index (χ3v) is 8.81. The Hall–Kier alpha value is -1.35. The molecule has 5 N–H and O–H groups in total. The van der Waals surface area contributed by atoms with Gasteiger partial charge in [0.15, 0.2) is 0 Å². The van der Waals surface area contributed by atoms with Crippen molar-refractivity contribution in [1.29, 1.82) is 0 Å². The van der Waals surface area contributed by atoms with Gasteiger partial charge in [-0.3, -0.25) is 14.4 Å². The normalized spacial score (nSPS) is 15.6. The number of hydrogen-bond acceptors (Lipinski definition) is 12. The lowest BCUT2D eigenvalue weighted by molar-refractivity contribution is -0.163. The van der Waals surface area contributed by atoms with E-state index in [4.69, 9.17) is 18.9 Å². The number of nitrogens with one attached hydrogen (secondary N) is 3. The fraction of sp³-hybridized carbons (Fsp3) is 0.914. The molecule has 0 saturated heterocycles. The predicted molar refractivity (Wildman–Crippen MR) is 192 cm³/mol. The molecule has 4 unspecified atom stereocenters. The van der Waals surface area contributed by atoms with Crippen LogP contribution < -0.4 is 16.0 Å². The van der Waals surface area contributed by atoms with E-state index in [0.717, 1.165) is 77.5 Å². The molecule has 0 bridgehead atoms. The molecule has 0 aromatic heterocycles. The number of methoxy groups -OCH3 is 2. The molecule has 0 heterocycles. The minimum atomic E-state index is -1.28. The quantitative estimate of drug-likeness (QED) is 0.0301. The molecule has 0 aliphatic heterocycles. The van der Waals surface area contributed by atoms with Crippen molar-refractivity contribution >= 4 is 33.8 Å². The Labute approximate surface area is 298 Å². The summed E-state index contributed by atoms with van der Waals surface area (Å²) in [5.74, 6) is -1.67. The third kappa shape index (κ3) is 21.7. The number of hydrogen-bond donors (Lipinski definition) is 5. The number of ether oxygens (including phenoxy) is 4. The molecule has 0 aromatic rings. The highest BCUT2D eigenvalue weighted by Crippen LogP contribution is 2.44. The second kappa shape index (κ2) is 26.5. The van der Waals surface area contributed by atoms with E-state index >= 15 is 0 Å². The standard InChI is InChI=1S/C35H68BrN3O9/c1-8-9-16-28(40)23-38-19-14-10-12-17-37-18-13-11-15-20-39-24-29(41)25-48-32(44)35(5,36)27-34(4,31(43)46-7)26-33(2,3)30(42)47-22-21-45-6/h28-29,37-41H,8-27H2,1-7H3. The molecule has 12 nitrogen and oxygen atoms in total. The van der Waals surface area contributed by atoms with Crippen LogP contribution >= 0.6 is 15.9 Å². The molecule has 0 rings (SSSR count). The van der Waals surface area contributed by atoms with Gasteiger partial charge in [0, 0.05) is 20.2 Å². The molecule has 13 heteroatoms. The first-order valence-corrected chi connectivity index (χ1v) is 18.5. The van der Waals surface area contributed by atoms with Crippen LogP contribution in [-0.4, -0.2) is 118 Å². The van der Waals surface area contributed by atoms with Crippen LogP contribution in [0.3, 0.4) is 0 Å². The fourth-order valence-electron chi connectivity index (χ4n) is 5.66. The van der Waals surface area contributed by atoms with Crippen LogP contribution in [0.1, 0.15) is 105 Å². The molecule has 284 valence electrons. The van der Waals surface area contributed by atoms with Crippen molar-refractivity contribution in [2.75, 3.05) is 73.3 Å². The molecule has 0 aliphatic carbocycles. The summed E-state index contributed by atoms with van der Waals surface area (Å²) in [6, 6.07) is 0. The van der Waals surface area contributed by atoms with Crippen molar-refractivity contribution < 1.29 is 43.5 Å². The molecule has 48 heavy (non-hydrogen) atoms. The Balaban J connectivity index is 4.24. The van der Waals surface area contributed by atoms with Gasteiger partial charge in [-0.25, -0.2) is 0 Å². The fourth-order valence-corrected chi connectivity index (χ4v) is 6.39. The van der Waals surface area contributed by atoms with Gasteiger partial charge < -0.3 is 45.1 Å². The van der Waals surface area contributed by atoms with Gasteiger partial charge in [0.25, 0.3) is 0 Å². The first-order chi connectivity index (χ1) is 22.6. The molecule has 0 spiro atoms.